The van der Waals surface area contributed by atoms with Gasteiger partial charge in [-0.05, 0) is 12.5 Å². The van der Waals surface area contributed by atoms with Crippen LogP contribution in [0.2, 0.25) is 0 Å². The fourth-order valence-electron chi connectivity index (χ4n) is 0.727. The van der Waals surface area contributed by atoms with Crippen molar-refractivity contribution in [2.45, 2.75) is 13.0 Å². The van der Waals surface area contributed by atoms with Crippen molar-refractivity contribution in [3.63, 3.8) is 0 Å². The van der Waals surface area contributed by atoms with Gasteiger partial charge >= 0.3 is 5.97 Å². The molecule has 0 spiro atoms. The number of carbonyl (C=O) groups excluding carboxylic acids is 1. The van der Waals surface area contributed by atoms with Gasteiger partial charge in [-0.1, -0.05) is 0 Å². The number of aliphatic hydroxyl groups excluding tert-OH is 1. The van der Waals surface area contributed by atoms with Crippen LogP contribution in [0.4, 0.5) is 0 Å². The topological polar surface area (TPSA) is 46.5 Å². The Kier molecular flexibility index (Phi) is 1.53. The van der Waals surface area contributed by atoms with E-state index in [0.29, 0.717) is 0 Å². The highest BCUT2D eigenvalue weighted by Crippen LogP contribution is 2.12. The van der Waals surface area contributed by atoms with E-state index in [1.54, 1.807) is 6.92 Å². The lowest BCUT2D eigenvalue weighted by Gasteiger charge is -2.05. The molecule has 0 aliphatic carbocycles. The number of rotatable bonds is 1. The van der Waals surface area contributed by atoms with Crippen LogP contribution >= 0.6 is 0 Å². The fraction of sp³-hybridized carbons (Fsp3) is 0.500. The summed E-state index contributed by atoms with van der Waals surface area (Å²) >= 11 is 0. The van der Waals surface area contributed by atoms with Gasteiger partial charge in [-0.3, -0.25) is 0 Å². The summed E-state index contributed by atoms with van der Waals surface area (Å²) in [5.74, 6) is -0.355. The average molecular weight is 128 g/mol. The van der Waals surface area contributed by atoms with Gasteiger partial charge in [-0.2, -0.15) is 0 Å². The first kappa shape index (κ1) is 6.29. The summed E-state index contributed by atoms with van der Waals surface area (Å²) in [6.07, 6.45) is 0.999. The van der Waals surface area contributed by atoms with Crippen LogP contribution in [0.1, 0.15) is 6.92 Å². The molecule has 9 heavy (non-hydrogen) atoms. The van der Waals surface area contributed by atoms with Crippen LogP contribution in [0.15, 0.2) is 11.6 Å². The molecule has 0 aromatic heterocycles. The van der Waals surface area contributed by atoms with E-state index in [9.17, 15) is 4.79 Å². The molecule has 1 aliphatic heterocycles. The number of hydrogen-bond donors (Lipinski definition) is 1. The van der Waals surface area contributed by atoms with Gasteiger partial charge in [-0.25, -0.2) is 4.79 Å². The first-order chi connectivity index (χ1) is 4.24. The van der Waals surface area contributed by atoms with Crippen molar-refractivity contribution in [1.82, 2.24) is 0 Å². The Morgan fingerprint density at radius 3 is 2.78 bits per heavy atom. The van der Waals surface area contributed by atoms with Gasteiger partial charge in [0.2, 0.25) is 0 Å². The molecule has 0 bridgehead atoms. The largest absolute Gasteiger partial charge is 0.452 e. The van der Waals surface area contributed by atoms with Crippen molar-refractivity contribution in [3.05, 3.63) is 11.6 Å². The van der Waals surface area contributed by atoms with Crippen LogP contribution in [0.25, 0.3) is 0 Å². The Bertz CT molecular complexity index is 160. The summed E-state index contributed by atoms with van der Waals surface area (Å²) in [6.45, 7) is 1.64. The van der Waals surface area contributed by atoms with Crippen LogP contribution in [0.5, 0.6) is 0 Å². The first-order valence-electron chi connectivity index (χ1n) is 2.73. The van der Waals surface area contributed by atoms with Crippen molar-refractivity contribution < 1.29 is 14.6 Å². The van der Waals surface area contributed by atoms with Crippen molar-refractivity contribution in [3.8, 4) is 0 Å². The molecule has 1 aliphatic rings. The first-order valence-corrected chi connectivity index (χ1v) is 2.73. The minimum atomic E-state index is -0.391. The smallest absolute Gasteiger partial charge is 0.331 e. The maximum absolute atomic E-state index is 10.4. The van der Waals surface area contributed by atoms with E-state index in [2.05, 4.69) is 4.74 Å². The third-order valence-corrected chi connectivity index (χ3v) is 1.28. The number of hydrogen-bond acceptors (Lipinski definition) is 3. The maximum atomic E-state index is 10.4. The van der Waals surface area contributed by atoms with Crippen LogP contribution in [0, 0.1) is 0 Å². The number of carbonyl (C=O) groups is 1. The summed E-state index contributed by atoms with van der Waals surface area (Å²) in [5.41, 5.74) is 0.794. The number of cyclic esters (lactones) is 1. The van der Waals surface area contributed by atoms with Crippen LogP contribution in [-0.2, 0) is 9.53 Å². The van der Waals surface area contributed by atoms with Crippen LogP contribution in [0.3, 0.4) is 0 Å². The molecule has 0 aromatic carbocycles. The molecule has 0 saturated carbocycles. The van der Waals surface area contributed by atoms with Gasteiger partial charge in [-0.15, -0.1) is 0 Å². The lowest BCUT2D eigenvalue weighted by Crippen LogP contribution is -2.14. The summed E-state index contributed by atoms with van der Waals surface area (Å²) in [7, 11) is 0. The van der Waals surface area contributed by atoms with Gasteiger partial charge in [0.05, 0.1) is 6.61 Å². The summed E-state index contributed by atoms with van der Waals surface area (Å²) in [4.78, 5) is 10.4. The molecule has 1 rings (SSSR count). The Hall–Kier alpha value is -0.830. The Morgan fingerprint density at radius 2 is 2.56 bits per heavy atom. The molecule has 0 unspecified atom stereocenters. The Morgan fingerprint density at radius 1 is 1.89 bits per heavy atom. The third-order valence-electron chi connectivity index (χ3n) is 1.28. The third kappa shape index (κ3) is 1.10. The van der Waals surface area contributed by atoms with Crippen LogP contribution in [-0.4, -0.2) is 23.8 Å². The van der Waals surface area contributed by atoms with E-state index < -0.39 is 6.10 Å². The molecule has 3 nitrogen and oxygen atoms in total. The molecule has 3 heteroatoms. The Balaban J connectivity index is 2.64. The summed E-state index contributed by atoms with van der Waals surface area (Å²) in [6, 6.07) is 0. The maximum Gasteiger partial charge on any atom is 0.331 e. The monoisotopic (exact) mass is 128 g/mol. The minimum Gasteiger partial charge on any atom is -0.452 e. The van der Waals surface area contributed by atoms with Gasteiger partial charge in [0.15, 0.2) is 0 Å². The molecule has 0 amide bonds. The van der Waals surface area contributed by atoms with Gasteiger partial charge in [0.25, 0.3) is 0 Å². The molecular weight excluding hydrogens is 120 g/mol. The van der Waals surface area contributed by atoms with Gasteiger partial charge < -0.3 is 9.84 Å². The summed E-state index contributed by atoms with van der Waals surface area (Å²) < 4.78 is 4.64. The minimum absolute atomic E-state index is 0.117. The second-order valence-electron chi connectivity index (χ2n) is 2.00. The van der Waals surface area contributed by atoms with Crippen LogP contribution < -0.4 is 0 Å². The SMILES string of the molecule is CC1=CC(=O)O[C@H]1CO. The van der Waals surface area contributed by atoms with E-state index >= 15 is 0 Å². The zero-order chi connectivity index (χ0) is 6.85. The van der Waals surface area contributed by atoms with Gasteiger partial charge in [0, 0.05) is 6.08 Å². The highest BCUT2D eigenvalue weighted by molar-refractivity contribution is 5.85. The standard InChI is InChI=1S/C6H8O3/c1-4-2-6(8)9-5(4)3-7/h2,5,7H,3H2,1H3/t5-/m0/s1. The molecule has 50 valence electrons. The molecule has 1 N–H and O–H groups in total. The zero-order valence-corrected chi connectivity index (χ0v) is 5.13. The van der Waals surface area contributed by atoms with E-state index in [1.807, 2.05) is 0 Å². The van der Waals surface area contributed by atoms with Crippen molar-refractivity contribution in [1.29, 1.82) is 0 Å². The second-order valence-corrected chi connectivity index (χ2v) is 2.00. The molecule has 0 aromatic rings. The summed E-state index contributed by atoms with van der Waals surface area (Å²) in [5, 5.41) is 8.54. The van der Waals surface area contributed by atoms with Crippen molar-refractivity contribution in [2.24, 2.45) is 0 Å². The molecule has 0 radical (unpaired) electrons. The quantitative estimate of drug-likeness (QED) is 0.499. The lowest BCUT2D eigenvalue weighted by atomic mass is 10.2. The molecule has 0 fully saturated rings. The number of esters is 1. The molecular formula is C6H8O3. The predicted octanol–water partition coefficient (Wildman–Crippen LogP) is -0.150. The molecule has 0 saturated heterocycles. The predicted molar refractivity (Wildman–Crippen MR) is 30.7 cm³/mol. The highest BCUT2D eigenvalue weighted by atomic mass is 16.6. The van der Waals surface area contributed by atoms with Crippen molar-refractivity contribution in [2.75, 3.05) is 6.61 Å². The molecule has 1 heterocycles. The van der Waals surface area contributed by atoms with Gasteiger partial charge in [0.1, 0.15) is 6.10 Å². The molecule has 1 atom stereocenters. The van der Waals surface area contributed by atoms with E-state index in [4.69, 9.17) is 5.11 Å². The normalized spacial score (nSPS) is 25.8. The zero-order valence-electron chi connectivity index (χ0n) is 5.13. The van der Waals surface area contributed by atoms with E-state index in [-0.39, 0.29) is 12.6 Å². The van der Waals surface area contributed by atoms with E-state index in [1.165, 1.54) is 6.08 Å². The fourth-order valence-corrected chi connectivity index (χ4v) is 0.727. The average Bonchev–Trinajstić information content (AvgIpc) is 2.10. The van der Waals surface area contributed by atoms with Crippen molar-refractivity contribution >= 4 is 5.97 Å². The number of ether oxygens (including phenoxy) is 1. The lowest BCUT2D eigenvalue weighted by molar-refractivity contribution is -0.140. The number of aliphatic hydroxyl groups is 1. The second kappa shape index (κ2) is 2.19. The van der Waals surface area contributed by atoms with E-state index in [0.717, 1.165) is 5.57 Å². The highest BCUT2D eigenvalue weighted by Gasteiger charge is 2.20. The Labute approximate surface area is 52.9 Å².